The number of aliphatic carboxylic acids is 2. The van der Waals surface area contributed by atoms with Gasteiger partial charge in [0.15, 0.2) is 0 Å². The number of carboxylic acid groups (broad SMARTS) is 2. The highest BCUT2D eigenvalue weighted by Crippen LogP contribution is 2.44. The Morgan fingerprint density at radius 1 is 1.00 bits per heavy atom. The van der Waals surface area contributed by atoms with Crippen LogP contribution in [0.25, 0.3) is 10.8 Å². The lowest BCUT2D eigenvalue weighted by atomic mass is 9.70. The van der Waals surface area contributed by atoms with Crippen LogP contribution in [0.3, 0.4) is 0 Å². The van der Waals surface area contributed by atoms with Gasteiger partial charge in [0.2, 0.25) is 0 Å². The Morgan fingerprint density at radius 2 is 1.58 bits per heavy atom. The summed E-state index contributed by atoms with van der Waals surface area (Å²) in [5.74, 6) is -1.69. The number of aromatic amines is 1. The number of carboxylic acids is 2. The Balaban J connectivity index is 0.000000366. The van der Waals surface area contributed by atoms with Crippen LogP contribution in [0.5, 0.6) is 5.75 Å². The van der Waals surface area contributed by atoms with E-state index in [4.69, 9.17) is 14.9 Å². The predicted octanol–water partition coefficient (Wildman–Crippen LogP) is 3.57. The van der Waals surface area contributed by atoms with Gasteiger partial charge in [0, 0.05) is 17.6 Å². The molecule has 1 aromatic heterocycles. The summed E-state index contributed by atoms with van der Waals surface area (Å²) in [5, 5.41) is 29.3. The normalized spacial score (nSPS) is 13.3. The molecule has 3 aromatic rings. The number of nitrogens with one attached hydrogen (secondary N) is 1. The largest absolute Gasteiger partial charge is 0.497 e. The van der Waals surface area contributed by atoms with Crippen LogP contribution >= 0.6 is 0 Å². The molecule has 0 aliphatic heterocycles. The maximum Gasteiger partial charge on any atom is 0.328 e. The standard InChI is InChI=1S/C19H22N2O2.C4H4O4/c1-18(2,3)19(22,17-11-20-12-21-17)15-7-5-14-10-16(23-4)8-6-13(14)9-15;5-3(6)1-2-4(7)8/h5-12,22H,1-4H3,(H,20,21);1-2H,(H,5,6)(H,7,8)/b;2-1+. The number of rotatable bonds is 5. The van der Waals surface area contributed by atoms with Crippen molar-refractivity contribution in [2.24, 2.45) is 5.41 Å². The minimum absolute atomic E-state index is 0.403. The van der Waals surface area contributed by atoms with E-state index in [0.29, 0.717) is 17.8 Å². The molecule has 0 aliphatic rings. The van der Waals surface area contributed by atoms with E-state index in [1.165, 1.54) is 0 Å². The maximum absolute atomic E-state index is 11.5. The van der Waals surface area contributed by atoms with Crippen molar-refractivity contribution in [2.75, 3.05) is 7.11 Å². The minimum Gasteiger partial charge on any atom is -0.497 e. The van der Waals surface area contributed by atoms with E-state index in [1.54, 1.807) is 19.6 Å². The monoisotopic (exact) mass is 426 g/mol. The highest BCUT2D eigenvalue weighted by molar-refractivity contribution is 5.89. The lowest BCUT2D eigenvalue weighted by Gasteiger charge is -2.40. The van der Waals surface area contributed by atoms with Gasteiger partial charge in [0.25, 0.3) is 0 Å². The third-order valence-corrected chi connectivity index (χ3v) is 4.81. The molecule has 8 nitrogen and oxygen atoms in total. The first-order valence-corrected chi connectivity index (χ1v) is 9.42. The number of methoxy groups -OCH3 is 1. The first-order chi connectivity index (χ1) is 14.5. The maximum atomic E-state index is 11.5. The third-order valence-electron chi connectivity index (χ3n) is 4.81. The van der Waals surface area contributed by atoms with Crippen molar-refractivity contribution in [3.8, 4) is 5.75 Å². The molecule has 0 fully saturated rings. The van der Waals surface area contributed by atoms with Gasteiger partial charge in [0.05, 0.1) is 25.3 Å². The van der Waals surface area contributed by atoms with Gasteiger partial charge < -0.3 is 25.0 Å². The van der Waals surface area contributed by atoms with Crippen LogP contribution in [-0.2, 0) is 15.2 Å². The van der Waals surface area contributed by atoms with Crippen molar-refractivity contribution >= 4 is 22.7 Å². The Bertz CT molecular complexity index is 1070. The molecule has 0 spiro atoms. The van der Waals surface area contributed by atoms with Crippen molar-refractivity contribution < 1.29 is 29.6 Å². The Morgan fingerprint density at radius 3 is 2.06 bits per heavy atom. The molecule has 0 radical (unpaired) electrons. The topological polar surface area (TPSA) is 133 Å². The van der Waals surface area contributed by atoms with Gasteiger partial charge in [0.1, 0.15) is 11.4 Å². The molecule has 4 N–H and O–H groups in total. The molecule has 0 saturated heterocycles. The molecule has 0 bridgehead atoms. The number of imidazole rings is 1. The van der Waals surface area contributed by atoms with E-state index in [-0.39, 0.29) is 0 Å². The number of carbonyl (C=O) groups is 2. The Kier molecular flexibility index (Phi) is 7.20. The van der Waals surface area contributed by atoms with Crippen LogP contribution in [0, 0.1) is 5.41 Å². The number of nitrogens with zero attached hydrogens (tertiary/aromatic N) is 1. The Labute approximate surface area is 179 Å². The van der Waals surface area contributed by atoms with E-state index in [9.17, 15) is 14.7 Å². The summed E-state index contributed by atoms with van der Waals surface area (Å²) in [6.45, 7) is 6.06. The summed E-state index contributed by atoms with van der Waals surface area (Å²) in [6.07, 6.45) is 4.39. The van der Waals surface area contributed by atoms with E-state index in [1.807, 2.05) is 57.2 Å². The van der Waals surface area contributed by atoms with Crippen molar-refractivity contribution in [1.82, 2.24) is 9.97 Å². The molecule has 1 unspecified atom stereocenters. The zero-order valence-corrected chi connectivity index (χ0v) is 17.8. The number of aliphatic hydroxyl groups is 1. The molecule has 0 aliphatic carbocycles. The van der Waals surface area contributed by atoms with Crippen LogP contribution in [0.15, 0.2) is 61.1 Å². The molecule has 0 amide bonds. The minimum atomic E-state index is -1.26. The number of fused-ring (bicyclic) bond motifs is 1. The number of ether oxygens (including phenoxy) is 1. The van der Waals surface area contributed by atoms with Crippen molar-refractivity contribution in [3.05, 3.63) is 72.3 Å². The number of hydrogen-bond acceptors (Lipinski definition) is 5. The lowest BCUT2D eigenvalue weighted by Crippen LogP contribution is -2.41. The quantitative estimate of drug-likeness (QED) is 0.458. The number of aromatic nitrogens is 2. The number of hydrogen-bond donors (Lipinski definition) is 4. The van der Waals surface area contributed by atoms with E-state index in [0.717, 1.165) is 22.1 Å². The summed E-state index contributed by atoms with van der Waals surface area (Å²) in [5.41, 5.74) is -0.0260. The predicted molar refractivity (Wildman–Crippen MR) is 116 cm³/mol. The molecule has 3 rings (SSSR count). The fourth-order valence-electron chi connectivity index (χ4n) is 3.16. The van der Waals surface area contributed by atoms with Crippen LogP contribution in [0.2, 0.25) is 0 Å². The second-order valence-corrected chi connectivity index (χ2v) is 7.86. The highest BCUT2D eigenvalue weighted by atomic mass is 16.5. The third kappa shape index (κ3) is 5.49. The van der Waals surface area contributed by atoms with Crippen LogP contribution in [-0.4, -0.2) is 44.3 Å². The molecular weight excluding hydrogens is 400 g/mol. The fraction of sp³-hybridized carbons (Fsp3) is 0.261. The molecule has 8 heteroatoms. The second-order valence-electron chi connectivity index (χ2n) is 7.86. The summed E-state index contributed by atoms with van der Waals surface area (Å²) in [4.78, 5) is 26.3. The van der Waals surface area contributed by atoms with E-state index in [2.05, 4.69) is 9.97 Å². The highest BCUT2D eigenvalue weighted by Gasteiger charge is 2.44. The molecule has 164 valence electrons. The van der Waals surface area contributed by atoms with Gasteiger partial charge in [-0.3, -0.25) is 0 Å². The van der Waals surface area contributed by atoms with Gasteiger partial charge in [-0.15, -0.1) is 0 Å². The van der Waals surface area contributed by atoms with Crippen molar-refractivity contribution in [2.45, 2.75) is 26.4 Å². The molecular formula is C23H26N2O6. The zero-order chi connectivity index (χ0) is 23.2. The van der Waals surface area contributed by atoms with Crippen molar-refractivity contribution in [1.29, 1.82) is 0 Å². The van der Waals surface area contributed by atoms with Crippen LogP contribution in [0.1, 0.15) is 32.0 Å². The van der Waals surface area contributed by atoms with Crippen LogP contribution in [0.4, 0.5) is 0 Å². The van der Waals surface area contributed by atoms with Crippen molar-refractivity contribution in [3.63, 3.8) is 0 Å². The van der Waals surface area contributed by atoms with Gasteiger partial charge in [-0.25, -0.2) is 14.6 Å². The zero-order valence-electron chi connectivity index (χ0n) is 17.8. The molecule has 0 saturated carbocycles. The average molecular weight is 426 g/mol. The molecule has 31 heavy (non-hydrogen) atoms. The van der Waals surface area contributed by atoms with E-state index < -0.39 is 23.0 Å². The van der Waals surface area contributed by atoms with Gasteiger partial charge in [-0.05, 0) is 34.5 Å². The fourth-order valence-corrected chi connectivity index (χ4v) is 3.16. The summed E-state index contributed by atoms with van der Waals surface area (Å²) < 4.78 is 5.27. The van der Waals surface area contributed by atoms with Gasteiger partial charge in [-0.1, -0.05) is 39.0 Å². The number of H-pyrrole nitrogens is 1. The first kappa shape index (κ1) is 23.6. The van der Waals surface area contributed by atoms with Gasteiger partial charge in [-0.2, -0.15) is 0 Å². The molecule has 2 aromatic carbocycles. The Hall–Kier alpha value is -3.65. The van der Waals surface area contributed by atoms with E-state index >= 15 is 0 Å². The first-order valence-electron chi connectivity index (χ1n) is 9.42. The number of benzene rings is 2. The summed E-state index contributed by atoms with van der Waals surface area (Å²) in [6, 6.07) is 11.9. The van der Waals surface area contributed by atoms with Crippen LogP contribution < -0.4 is 4.74 Å². The molecule has 1 atom stereocenters. The SMILES string of the molecule is COc1ccc2cc(C(O)(c3cnc[nH]3)C(C)(C)C)ccc2c1.O=C(O)/C=C/C(=O)O. The average Bonchev–Trinajstić information content (AvgIpc) is 3.25. The summed E-state index contributed by atoms with van der Waals surface area (Å²) in [7, 11) is 1.66. The second kappa shape index (κ2) is 9.44. The smallest absolute Gasteiger partial charge is 0.328 e. The lowest BCUT2D eigenvalue weighted by molar-refractivity contribution is -0.134. The van der Waals surface area contributed by atoms with Gasteiger partial charge >= 0.3 is 11.9 Å². The molecule has 1 heterocycles. The summed E-state index contributed by atoms with van der Waals surface area (Å²) >= 11 is 0.